The van der Waals surface area contributed by atoms with E-state index in [-0.39, 0.29) is 24.2 Å². The third-order valence-corrected chi connectivity index (χ3v) is 7.13. The van der Waals surface area contributed by atoms with Crippen LogP contribution in [0.2, 0.25) is 0 Å². The van der Waals surface area contributed by atoms with Crippen LogP contribution in [0.5, 0.6) is 11.5 Å². The summed E-state index contributed by atoms with van der Waals surface area (Å²) in [7, 11) is 3.03. The topological polar surface area (TPSA) is 129 Å². The molecule has 0 saturated heterocycles. The molecule has 2 amide bonds. The number of methoxy groups -OCH3 is 2. The Kier molecular flexibility index (Phi) is 7.61. The molecule has 2 aromatic heterocycles. The van der Waals surface area contributed by atoms with Crippen LogP contribution >= 0.6 is 22.7 Å². The van der Waals surface area contributed by atoms with E-state index in [1.807, 2.05) is 0 Å². The predicted molar refractivity (Wildman–Crippen MR) is 132 cm³/mol. The molecule has 1 atom stereocenters. The minimum absolute atomic E-state index is 0.0576. The van der Waals surface area contributed by atoms with Crippen molar-refractivity contribution in [3.63, 3.8) is 0 Å². The number of amides is 2. The van der Waals surface area contributed by atoms with E-state index in [2.05, 4.69) is 20.6 Å². The van der Waals surface area contributed by atoms with Crippen molar-refractivity contribution >= 4 is 50.7 Å². The molecule has 1 unspecified atom stereocenters. The second kappa shape index (κ2) is 10.8. The SMILES string of the molecule is CCOC(=O)Cc1csc(NC(=O)C2CCc3sc(NC(=O)c4cc(OC)cc(OC)c4)nc32)n1. The molecule has 1 aromatic carbocycles. The molecule has 0 fully saturated rings. The normalized spacial score (nSPS) is 14.2. The molecule has 0 spiro atoms. The zero-order valence-electron chi connectivity index (χ0n) is 19.4. The lowest BCUT2D eigenvalue weighted by atomic mass is 10.1. The summed E-state index contributed by atoms with van der Waals surface area (Å²) >= 11 is 2.61. The van der Waals surface area contributed by atoms with Crippen LogP contribution in [-0.2, 0) is 27.2 Å². The number of hydrogen-bond donors (Lipinski definition) is 2. The Hall–Kier alpha value is -3.51. The quantitative estimate of drug-likeness (QED) is 0.413. The highest BCUT2D eigenvalue weighted by Gasteiger charge is 2.33. The van der Waals surface area contributed by atoms with Crippen molar-refractivity contribution in [3.8, 4) is 11.5 Å². The number of anilines is 2. The molecule has 0 radical (unpaired) electrons. The second-order valence-electron chi connectivity index (χ2n) is 7.59. The molecular formula is C23H24N4O6S2. The van der Waals surface area contributed by atoms with Gasteiger partial charge in [0.2, 0.25) is 5.91 Å². The van der Waals surface area contributed by atoms with Crippen LogP contribution in [0.15, 0.2) is 23.6 Å². The molecule has 2 heterocycles. The summed E-state index contributed by atoms with van der Waals surface area (Å²) < 4.78 is 15.4. The van der Waals surface area contributed by atoms with Gasteiger partial charge in [-0.1, -0.05) is 0 Å². The van der Waals surface area contributed by atoms with Crippen LogP contribution < -0.4 is 20.1 Å². The van der Waals surface area contributed by atoms with E-state index < -0.39 is 5.92 Å². The van der Waals surface area contributed by atoms with Crippen molar-refractivity contribution in [1.82, 2.24) is 9.97 Å². The number of carbonyl (C=O) groups excluding carboxylic acids is 3. The first-order valence-electron chi connectivity index (χ1n) is 10.8. The Morgan fingerprint density at radius 3 is 2.49 bits per heavy atom. The number of nitrogens with one attached hydrogen (secondary N) is 2. The Morgan fingerprint density at radius 1 is 1.06 bits per heavy atom. The van der Waals surface area contributed by atoms with Crippen LogP contribution in [-0.4, -0.2) is 48.6 Å². The van der Waals surface area contributed by atoms with Crippen molar-refractivity contribution in [3.05, 3.63) is 45.4 Å². The number of benzene rings is 1. The van der Waals surface area contributed by atoms with E-state index in [9.17, 15) is 14.4 Å². The van der Waals surface area contributed by atoms with E-state index >= 15 is 0 Å². The highest BCUT2D eigenvalue weighted by atomic mass is 32.1. The Bertz CT molecular complexity index is 1230. The van der Waals surface area contributed by atoms with Crippen LogP contribution in [0.4, 0.5) is 10.3 Å². The molecule has 0 saturated carbocycles. The number of aryl methyl sites for hydroxylation is 1. The summed E-state index contributed by atoms with van der Waals surface area (Å²) in [5, 5.41) is 8.18. The highest BCUT2D eigenvalue weighted by Crippen LogP contribution is 2.39. The summed E-state index contributed by atoms with van der Waals surface area (Å²) in [6.07, 6.45) is 1.38. The van der Waals surface area contributed by atoms with Gasteiger partial charge in [-0.05, 0) is 31.9 Å². The van der Waals surface area contributed by atoms with Crippen LogP contribution in [0.1, 0.15) is 45.9 Å². The van der Waals surface area contributed by atoms with E-state index in [0.29, 0.717) is 58.2 Å². The molecule has 12 heteroatoms. The minimum atomic E-state index is -0.443. The van der Waals surface area contributed by atoms with Gasteiger partial charge in [-0.15, -0.1) is 22.7 Å². The van der Waals surface area contributed by atoms with Crippen LogP contribution in [0, 0.1) is 0 Å². The summed E-state index contributed by atoms with van der Waals surface area (Å²) in [6.45, 7) is 2.05. The summed E-state index contributed by atoms with van der Waals surface area (Å²) in [5.41, 5.74) is 1.58. The Balaban J connectivity index is 1.41. The molecule has 1 aliphatic carbocycles. The number of thiazole rings is 2. The van der Waals surface area contributed by atoms with Crippen LogP contribution in [0.25, 0.3) is 0 Å². The molecule has 2 N–H and O–H groups in total. The van der Waals surface area contributed by atoms with Gasteiger partial charge in [0.25, 0.3) is 5.91 Å². The number of carbonyl (C=O) groups is 3. The zero-order valence-corrected chi connectivity index (χ0v) is 21.0. The lowest BCUT2D eigenvalue weighted by molar-refractivity contribution is -0.142. The number of rotatable bonds is 9. The number of esters is 1. The fraction of sp³-hybridized carbons (Fsp3) is 0.348. The molecule has 4 rings (SSSR count). The van der Waals surface area contributed by atoms with Crippen molar-refractivity contribution in [2.24, 2.45) is 0 Å². The molecular weight excluding hydrogens is 492 g/mol. The average molecular weight is 517 g/mol. The first-order valence-corrected chi connectivity index (χ1v) is 12.5. The number of fused-ring (bicyclic) bond motifs is 1. The van der Waals surface area contributed by atoms with Gasteiger partial charge in [0.1, 0.15) is 11.5 Å². The highest BCUT2D eigenvalue weighted by molar-refractivity contribution is 7.16. The van der Waals surface area contributed by atoms with E-state index in [0.717, 1.165) is 4.88 Å². The largest absolute Gasteiger partial charge is 0.497 e. The second-order valence-corrected chi connectivity index (χ2v) is 9.53. The molecule has 0 bridgehead atoms. The van der Waals surface area contributed by atoms with Crippen molar-refractivity contribution in [2.45, 2.75) is 32.1 Å². The third-order valence-electron chi connectivity index (χ3n) is 5.28. The maximum absolute atomic E-state index is 12.9. The monoisotopic (exact) mass is 516 g/mol. The maximum Gasteiger partial charge on any atom is 0.311 e. The average Bonchev–Trinajstić information content (AvgIpc) is 3.54. The first kappa shape index (κ1) is 24.6. The molecule has 1 aliphatic rings. The standard InChI is InChI=1S/C23H24N4O6S2/c1-4-33-18(28)9-13-11-34-22(24-13)27-21(30)16-5-6-17-19(16)25-23(35-17)26-20(29)12-7-14(31-2)10-15(8-12)32-3/h7-8,10-11,16H,4-6,9H2,1-3H3,(H,24,27,30)(H,25,26,29). The fourth-order valence-corrected chi connectivity index (χ4v) is 5.39. The van der Waals surface area contributed by atoms with Crippen LogP contribution in [0.3, 0.4) is 0 Å². The van der Waals surface area contributed by atoms with Gasteiger partial charge < -0.3 is 19.5 Å². The van der Waals surface area contributed by atoms with E-state index in [1.54, 1.807) is 30.5 Å². The first-order chi connectivity index (χ1) is 16.9. The van der Waals surface area contributed by atoms with E-state index in [4.69, 9.17) is 14.2 Å². The van der Waals surface area contributed by atoms with Gasteiger partial charge in [0, 0.05) is 21.9 Å². The lowest BCUT2D eigenvalue weighted by Gasteiger charge is -2.09. The van der Waals surface area contributed by atoms with E-state index in [1.165, 1.54) is 36.9 Å². The Labute approximate surface area is 209 Å². The molecule has 184 valence electrons. The summed E-state index contributed by atoms with van der Waals surface area (Å²) in [4.78, 5) is 47.1. The van der Waals surface area contributed by atoms with Gasteiger partial charge in [-0.3, -0.25) is 19.7 Å². The maximum atomic E-state index is 12.9. The van der Waals surface area contributed by atoms with Gasteiger partial charge in [-0.25, -0.2) is 9.97 Å². The molecule has 3 aromatic rings. The predicted octanol–water partition coefficient (Wildman–Crippen LogP) is 3.64. The number of hydrogen-bond acceptors (Lipinski definition) is 10. The van der Waals surface area contributed by atoms with Gasteiger partial charge in [-0.2, -0.15) is 0 Å². The number of ether oxygens (including phenoxy) is 3. The van der Waals surface area contributed by atoms with Gasteiger partial charge in [0.15, 0.2) is 10.3 Å². The molecule has 0 aliphatic heterocycles. The minimum Gasteiger partial charge on any atom is -0.497 e. The zero-order chi connectivity index (χ0) is 24.9. The Morgan fingerprint density at radius 2 is 1.80 bits per heavy atom. The number of nitrogens with zero attached hydrogens (tertiary/aromatic N) is 2. The third kappa shape index (κ3) is 5.77. The fourth-order valence-electron chi connectivity index (χ4n) is 3.64. The van der Waals surface area contributed by atoms with Crippen molar-refractivity contribution in [1.29, 1.82) is 0 Å². The van der Waals surface area contributed by atoms with Gasteiger partial charge >= 0.3 is 5.97 Å². The van der Waals surface area contributed by atoms with Crippen molar-refractivity contribution in [2.75, 3.05) is 31.5 Å². The molecule has 35 heavy (non-hydrogen) atoms. The smallest absolute Gasteiger partial charge is 0.311 e. The lowest BCUT2D eigenvalue weighted by Crippen LogP contribution is -2.20. The summed E-state index contributed by atoms with van der Waals surface area (Å²) in [6, 6.07) is 4.90. The molecule has 10 nitrogen and oxygen atoms in total. The van der Waals surface area contributed by atoms with Gasteiger partial charge in [0.05, 0.1) is 44.6 Å². The van der Waals surface area contributed by atoms with Crippen molar-refractivity contribution < 1.29 is 28.6 Å². The number of aromatic nitrogens is 2. The summed E-state index contributed by atoms with van der Waals surface area (Å²) in [5.74, 6) is -0.378.